The zero-order valence-electron chi connectivity index (χ0n) is 58.1. The predicted molar refractivity (Wildman–Crippen MR) is 375 cm³/mol. The molecule has 0 bridgehead atoms. The number of allylic oxidation sites excluding steroid dienone is 1. The second-order valence-corrected chi connectivity index (χ2v) is 27.4. The third-order valence-corrected chi connectivity index (χ3v) is 18.8. The number of unbranched alkanes of at least 4 members (excludes halogenated alkanes) is 64. The highest BCUT2D eigenvalue weighted by Gasteiger charge is 2.18. The summed E-state index contributed by atoms with van der Waals surface area (Å²) in [6.07, 6.45) is 94.8. The SMILES string of the molecule is CCCCCCCCCCCCCCCCCCCCC/C=C/C(O)C(CO)NC(=O)CCCCCCCCCCCCCCCCCCCCCCCCCCCCCCCCCOC(=O)CCCCCCCCCCCCCCCCCC. The van der Waals surface area contributed by atoms with Gasteiger partial charge in [0, 0.05) is 12.8 Å². The van der Waals surface area contributed by atoms with Gasteiger partial charge in [0.25, 0.3) is 0 Å². The van der Waals surface area contributed by atoms with Crippen LogP contribution in [-0.4, -0.2) is 47.4 Å². The first kappa shape index (κ1) is 83.6. The summed E-state index contributed by atoms with van der Waals surface area (Å²) in [6, 6.07) is -0.625. The van der Waals surface area contributed by atoms with Crippen LogP contribution in [0.2, 0.25) is 0 Å². The zero-order chi connectivity index (χ0) is 61.3. The molecule has 0 aromatic heterocycles. The van der Waals surface area contributed by atoms with Crippen LogP contribution < -0.4 is 5.32 Å². The van der Waals surface area contributed by atoms with Gasteiger partial charge >= 0.3 is 5.97 Å². The molecule has 506 valence electrons. The fourth-order valence-electron chi connectivity index (χ4n) is 12.8. The molecule has 1 amide bonds. The highest BCUT2D eigenvalue weighted by Crippen LogP contribution is 2.20. The maximum absolute atomic E-state index is 12.5. The molecule has 0 aliphatic rings. The van der Waals surface area contributed by atoms with Gasteiger partial charge in [-0.1, -0.05) is 424 Å². The molecule has 0 aliphatic heterocycles. The quantitative estimate of drug-likeness (QED) is 0.0320. The average Bonchev–Trinajstić information content (AvgIpc) is 3.50. The van der Waals surface area contributed by atoms with Gasteiger partial charge in [-0.15, -0.1) is 0 Å². The van der Waals surface area contributed by atoms with Gasteiger partial charge in [-0.05, 0) is 32.1 Å². The molecule has 0 heterocycles. The number of hydrogen-bond donors (Lipinski definition) is 3. The number of aliphatic hydroxyl groups is 2. The Morgan fingerprint density at radius 1 is 0.318 bits per heavy atom. The molecule has 0 rings (SSSR count). The van der Waals surface area contributed by atoms with Crippen molar-refractivity contribution in [1.29, 1.82) is 0 Å². The lowest BCUT2D eigenvalue weighted by atomic mass is 10.0. The van der Waals surface area contributed by atoms with E-state index >= 15 is 0 Å². The Bertz CT molecular complexity index is 1290. The number of amides is 1. The van der Waals surface area contributed by atoms with Crippen LogP contribution in [0.4, 0.5) is 0 Å². The molecular formula is C79H155NO5. The molecule has 0 radical (unpaired) electrons. The average molecular weight is 1200 g/mol. The van der Waals surface area contributed by atoms with E-state index in [1.807, 2.05) is 6.08 Å². The number of hydrogen-bond acceptors (Lipinski definition) is 5. The van der Waals surface area contributed by atoms with E-state index in [0.29, 0.717) is 19.4 Å². The van der Waals surface area contributed by atoms with Gasteiger partial charge in [-0.3, -0.25) is 9.59 Å². The fraction of sp³-hybridized carbons (Fsp3) is 0.949. The maximum Gasteiger partial charge on any atom is 0.305 e. The Morgan fingerprint density at radius 2 is 0.541 bits per heavy atom. The summed E-state index contributed by atoms with van der Waals surface area (Å²) in [4.78, 5) is 24.6. The Hall–Kier alpha value is -1.40. The van der Waals surface area contributed by atoms with Gasteiger partial charge < -0.3 is 20.3 Å². The number of carbonyl (C=O) groups is 2. The van der Waals surface area contributed by atoms with Crippen molar-refractivity contribution in [2.45, 2.75) is 469 Å². The van der Waals surface area contributed by atoms with E-state index in [1.165, 1.54) is 392 Å². The lowest BCUT2D eigenvalue weighted by Gasteiger charge is -2.20. The first-order chi connectivity index (χ1) is 42.0. The Morgan fingerprint density at radius 3 is 0.800 bits per heavy atom. The normalized spacial score (nSPS) is 12.5. The first-order valence-corrected chi connectivity index (χ1v) is 39.5. The Labute approximate surface area is 533 Å². The number of nitrogens with one attached hydrogen (secondary N) is 1. The molecule has 0 aromatic rings. The summed E-state index contributed by atoms with van der Waals surface area (Å²) in [5.41, 5.74) is 0. The summed E-state index contributed by atoms with van der Waals surface area (Å²) in [5, 5.41) is 23.3. The highest BCUT2D eigenvalue weighted by molar-refractivity contribution is 5.76. The smallest absolute Gasteiger partial charge is 0.305 e. The van der Waals surface area contributed by atoms with Crippen LogP contribution in [0.5, 0.6) is 0 Å². The van der Waals surface area contributed by atoms with Crippen molar-refractivity contribution in [2.24, 2.45) is 0 Å². The monoisotopic (exact) mass is 1200 g/mol. The minimum atomic E-state index is -0.842. The van der Waals surface area contributed by atoms with Crippen molar-refractivity contribution in [2.75, 3.05) is 13.2 Å². The second-order valence-electron chi connectivity index (χ2n) is 27.4. The van der Waals surface area contributed by atoms with Crippen molar-refractivity contribution in [3.63, 3.8) is 0 Å². The van der Waals surface area contributed by atoms with Crippen molar-refractivity contribution < 1.29 is 24.5 Å². The van der Waals surface area contributed by atoms with Gasteiger partial charge in [0.05, 0.1) is 25.4 Å². The van der Waals surface area contributed by atoms with E-state index < -0.39 is 12.1 Å². The molecule has 0 fully saturated rings. The van der Waals surface area contributed by atoms with Crippen molar-refractivity contribution in [1.82, 2.24) is 5.32 Å². The maximum atomic E-state index is 12.5. The predicted octanol–water partition coefficient (Wildman–Crippen LogP) is 25.9. The van der Waals surface area contributed by atoms with Crippen LogP contribution in [0.1, 0.15) is 457 Å². The van der Waals surface area contributed by atoms with E-state index in [-0.39, 0.29) is 18.5 Å². The molecule has 3 N–H and O–H groups in total. The van der Waals surface area contributed by atoms with Crippen LogP contribution in [0, 0.1) is 0 Å². The molecule has 0 spiro atoms. The summed E-state index contributed by atoms with van der Waals surface area (Å²) in [6.45, 7) is 4.97. The Kier molecular flexibility index (Phi) is 73.8. The van der Waals surface area contributed by atoms with Gasteiger partial charge in [0.1, 0.15) is 0 Å². The summed E-state index contributed by atoms with van der Waals surface area (Å²) in [7, 11) is 0. The molecule has 0 saturated heterocycles. The van der Waals surface area contributed by atoms with E-state index in [9.17, 15) is 19.8 Å². The van der Waals surface area contributed by atoms with Crippen LogP contribution >= 0.6 is 0 Å². The van der Waals surface area contributed by atoms with Crippen molar-refractivity contribution in [3.8, 4) is 0 Å². The molecular weight excluding hydrogens is 1040 g/mol. The van der Waals surface area contributed by atoms with Crippen molar-refractivity contribution >= 4 is 11.9 Å². The number of rotatable bonds is 75. The highest BCUT2D eigenvalue weighted by atomic mass is 16.5. The fourth-order valence-corrected chi connectivity index (χ4v) is 12.8. The summed E-state index contributed by atoms with van der Waals surface area (Å²) < 4.78 is 5.51. The van der Waals surface area contributed by atoms with Crippen LogP contribution in [0.15, 0.2) is 12.2 Å². The zero-order valence-corrected chi connectivity index (χ0v) is 58.1. The largest absolute Gasteiger partial charge is 0.466 e. The van der Waals surface area contributed by atoms with Crippen LogP contribution in [0.3, 0.4) is 0 Å². The molecule has 2 unspecified atom stereocenters. The molecule has 0 aliphatic carbocycles. The summed E-state index contributed by atoms with van der Waals surface area (Å²) in [5.74, 6) is -0.0334. The van der Waals surface area contributed by atoms with Crippen molar-refractivity contribution in [3.05, 3.63) is 12.2 Å². The lowest BCUT2D eigenvalue weighted by molar-refractivity contribution is -0.143. The minimum Gasteiger partial charge on any atom is -0.466 e. The number of esters is 1. The minimum absolute atomic E-state index is 0.0251. The Balaban J connectivity index is 3.34. The molecule has 85 heavy (non-hydrogen) atoms. The number of ether oxygens (including phenoxy) is 1. The van der Waals surface area contributed by atoms with E-state index in [1.54, 1.807) is 6.08 Å². The second kappa shape index (κ2) is 75.1. The number of aliphatic hydroxyl groups excluding tert-OH is 2. The third kappa shape index (κ3) is 71.6. The molecule has 6 heteroatoms. The molecule has 0 saturated carbocycles. The van der Waals surface area contributed by atoms with E-state index in [0.717, 1.165) is 38.5 Å². The van der Waals surface area contributed by atoms with E-state index in [4.69, 9.17) is 4.74 Å². The van der Waals surface area contributed by atoms with Gasteiger partial charge in [-0.2, -0.15) is 0 Å². The van der Waals surface area contributed by atoms with Crippen LogP contribution in [0.25, 0.3) is 0 Å². The topological polar surface area (TPSA) is 95.9 Å². The molecule has 0 aromatic carbocycles. The first-order valence-electron chi connectivity index (χ1n) is 39.5. The standard InChI is InChI=1S/C79H155NO5/c1-3-5-7-9-11-13-15-17-19-21-22-34-37-40-43-47-51-55-59-63-67-71-77(82)76(75-81)80-78(83)72-68-64-60-56-52-48-44-41-38-35-32-30-28-26-24-23-25-27-29-31-33-36-39-42-46-50-54-58-62-66-70-74-85-79(84)73-69-65-61-57-53-49-45-20-18-16-14-12-10-8-6-4-2/h67,71,76-77,81-82H,3-66,68-70,72-75H2,1-2H3,(H,80,83)/b71-67+. The third-order valence-electron chi connectivity index (χ3n) is 18.8. The van der Waals surface area contributed by atoms with Gasteiger partial charge in [0.2, 0.25) is 5.91 Å². The lowest BCUT2D eigenvalue weighted by Crippen LogP contribution is -2.45. The van der Waals surface area contributed by atoms with Gasteiger partial charge in [-0.25, -0.2) is 0 Å². The summed E-state index contributed by atoms with van der Waals surface area (Å²) >= 11 is 0. The van der Waals surface area contributed by atoms with Gasteiger partial charge in [0.15, 0.2) is 0 Å². The van der Waals surface area contributed by atoms with Crippen LogP contribution in [-0.2, 0) is 14.3 Å². The molecule has 2 atom stereocenters. The van der Waals surface area contributed by atoms with E-state index in [2.05, 4.69) is 19.2 Å². The number of carbonyl (C=O) groups excluding carboxylic acids is 2. The molecule has 6 nitrogen and oxygen atoms in total.